The summed E-state index contributed by atoms with van der Waals surface area (Å²) in [5, 5.41) is 3.29. The first-order chi connectivity index (χ1) is 15.3. The highest BCUT2D eigenvalue weighted by atomic mass is 16.5. The number of benzene rings is 3. The van der Waals surface area contributed by atoms with E-state index in [-0.39, 0.29) is 0 Å². The van der Waals surface area contributed by atoms with E-state index in [0.717, 1.165) is 30.0 Å². The number of rotatable bonds is 10. The maximum absolute atomic E-state index is 5.83. The zero-order valence-corrected chi connectivity index (χ0v) is 17.3. The fourth-order valence-corrected chi connectivity index (χ4v) is 3.09. The molecule has 0 aliphatic carbocycles. The maximum atomic E-state index is 5.83. The molecule has 5 heteroatoms. The molecule has 5 nitrogen and oxygen atoms in total. The van der Waals surface area contributed by atoms with Gasteiger partial charge in [0.15, 0.2) is 0 Å². The third-order valence-electron chi connectivity index (χ3n) is 4.74. The number of hydrogen-bond acceptors (Lipinski definition) is 5. The Labute approximate surface area is 182 Å². The molecule has 0 atom stereocenters. The standard InChI is InChI=1S/C26H25N3O2/c1-3-7-21(8-4-1)15-17-30-25-13-11-23(12-14-25)29-24-19-27-26(28-20-24)31-18-16-22-9-5-2-6-10-22/h1-14,19-20,29H,15-18H2. The van der Waals surface area contributed by atoms with Gasteiger partial charge < -0.3 is 14.8 Å². The molecule has 0 saturated heterocycles. The summed E-state index contributed by atoms with van der Waals surface area (Å²) in [6.07, 6.45) is 5.15. The highest BCUT2D eigenvalue weighted by Gasteiger charge is 2.02. The van der Waals surface area contributed by atoms with E-state index < -0.39 is 0 Å². The molecule has 1 aromatic heterocycles. The van der Waals surface area contributed by atoms with Crippen LogP contribution in [-0.2, 0) is 12.8 Å². The Morgan fingerprint density at radius 2 is 1.13 bits per heavy atom. The lowest BCUT2D eigenvalue weighted by atomic mass is 10.2. The van der Waals surface area contributed by atoms with Crippen molar-refractivity contribution in [1.82, 2.24) is 9.97 Å². The third kappa shape index (κ3) is 6.57. The number of nitrogens with zero attached hydrogens (tertiary/aromatic N) is 2. The van der Waals surface area contributed by atoms with E-state index in [2.05, 4.69) is 39.6 Å². The first-order valence-electron chi connectivity index (χ1n) is 10.4. The highest BCUT2D eigenvalue weighted by Crippen LogP contribution is 2.20. The van der Waals surface area contributed by atoms with Gasteiger partial charge in [-0.15, -0.1) is 0 Å². The number of nitrogens with one attached hydrogen (secondary N) is 1. The van der Waals surface area contributed by atoms with Gasteiger partial charge in [-0.25, -0.2) is 9.97 Å². The van der Waals surface area contributed by atoms with Crippen LogP contribution in [0.1, 0.15) is 11.1 Å². The van der Waals surface area contributed by atoms with Crippen LogP contribution in [0.25, 0.3) is 0 Å². The minimum atomic E-state index is 0.378. The predicted octanol–water partition coefficient (Wildman–Crippen LogP) is 5.46. The molecule has 1 heterocycles. The summed E-state index contributed by atoms with van der Waals surface area (Å²) in [5.41, 5.74) is 4.24. The topological polar surface area (TPSA) is 56.3 Å². The molecule has 31 heavy (non-hydrogen) atoms. The molecule has 0 unspecified atom stereocenters. The van der Waals surface area contributed by atoms with Crippen molar-refractivity contribution >= 4 is 11.4 Å². The smallest absolute Gasteiger partial charge is 0.316 e. The molecule has 0 spiro atoms. The van der Waals surface area contributed by atoms with Crippen molar-refractivity contribution in [3.05, 3.63) is 108 Å². The normalized spacial score (nSPS) is 10.5. The molecule has 0 amide bonds. The Morgan fingerprint density at radius 3 is 1.71 bits per heavy atom. The molecule has 4 aromatic rings. The van der Waals surface area contributed by atoms with Crippen LogP contribution in [0.3, 0.4) is 0 Å². The molecule has 4 rings (SSSR count). The fourth-order valence-electron chi connectivity index (χ4n) is 3.09. The SMILES string of the molecule is c1ccc(CCOc2ccc(Nc3cnc(OCCc4ccccc4)nc3)cc2)cc1. The van der Waals surface area contributed by atoms with Gasteiger partial charge in [0.2, 0.25) is 0 Å². The van der Waals surface area contributed by atoms with Gasteiger partial charge in [0.1, 0.15) is 5.75 Å². The van der Waals surface area contributed by atoms with Crippen molar-refractivity contribution in [3.8, 4) is 11.8 Å². The van der Waals surface area contributed by atoms with Crippen LogP contribution < -0.4 is 14.8 Å². The summed E-state index contributed by atoms with van der Waals surface area (Å²) >= 11 is 0. The Hall–Kier alpha value is -3.86. The molecular formula is C26H25N3O2. The van der Waals surface area contributed by atoms with Crippen LogP contribution in [0.5, 0.6) is 11.8 Å². The van der Waals surface area contributed by atoms with Crippen LogP contribution in [0.15, 0.2) is 97.3 Å². The van der Waals surface area contributed by atoms with Gasteiger partial charge in [0, 0.05) is 18.5 Å². The lowest BCUT2D eigenvalue weighted by Crippen LogP contribution is -2.04. The molecule has 0 fully saturated rings. The lowest BCUT2D eigenvalue weighted by Gasteiger charge is -2.09. The second kappa shape index (κ2) is 10.8. The van der Waals surface area contributed by atoms with E-state index in [0.29, 0.717) is 19.2 Å². The van der Waals surface area contributed by atoms with Gasteiger partial charge in [-0.05, 0) is 35.4 Å². The van der Waals surface area contributed by atoms with Gasteiger partial charge in [0.05, 0.1) is 31.3 Å². The molecule has 0 bridgehead atoms. The Bertz CT molecular complexity index is 951. The monoisotopic (exact) mass is 411 g/mol. The minimum Gasteiger partial charge on any atom is -0.493 e. The van der Waals surface area contributed by atoms with Crippen LogP contribution in [0.4, 0.5) is 11.4 Å². The quantitative estimate of drug-likeness (QED) is 0.375. The van der Waals surface area contributed by atoms with Crippen molar-refractivity contribution < 1.29 is 9.47 Å². The number of ether oxygens (including phenoxy) is 2. The van der Waals surface area contributed by atoms with E-state index in [4.69, 9.17) is 9.47 Å². The summed E-state index contributed by atoms with van der Waals surface area (Å²) in [5.74, 6) is 0.847. The van der Waals surface area contributed by atoms with Crippen molar-refractivity contribution in [1.29, 1.82) is 0 Å². The molecule has 1 N–H and O–H groups in total. The van der Waals surface area contributed by atoms with Crippen molar-refractivity contribution in [2.24, 2.45) is 0 Å². The highest BCUT2D eigenvalue weighted by molar-refractivity contribution is 5.58. The first-order valence-corrected chi connectivity index (χ1v) is 10.4. The molecular weight excluding hydrogens is 386 g/mol. The molecule has 156 valence electrons. The van der Waals surface area contributed by atoms with Crippen LogP contribution >= 0.6 is 0 Å². The molecule has 0 saturated carbocycles. The molecule has 0 aliphatic heterocycles. The minimum absolute atomic E-state index is 0.378. The van der Waals surface area contributed by atoms with Gasteiger partial charge >= 0.3 is 6.01 Å². The second-order valence-electron chi connectivity index (χ2n) is 7.07. The van der Waals surface area contributed by atoms with Crippen LogP contribution in [0, 0.1) is 0 Å². The van der Waals surface area contributed by atoms with Gasteiger partial charge in [0.25, 0.3) is 0 Å². The van der Waals surface area contributed by atoms with E-state index in [1.54, 1.807) is 12.4 Å². The Kier molecular flexibility index (Phi) is 7.10. The van der Waals surface area contributed by atoms with Crippen molar-refractivity contribution in [2.75, 3.05) is 18.5 Å². The summed E-state index contributed by atoms with van der Waals surface area (Å²) in [4.78, 5) is 8.54. The van der Waals surface area contributed by atoms with Crippen LogP contribution in [-0.4, -0.2) is 23.2 Å². The Balaban J connectivity index is 1.21. The predicted molar refractivity (Wildman–Crippen MR) is 123 cm³/mol. The van der Waals surface area contributed by atoms with E-state index in [1.807, 2.05) is 60.7 Å². The number of hydrogen-bond donors (Lipinski definition) is 1. The van der Waals surface area contributed by atoms with E-state index in [9.17, 15) is 0 Å². The summed E-state index contributed by atoms with van der Waals surface area (Å²) in [7, 11) is 0. The average molecular weight is 412 g/mol. The van der Waals surface area contributed by atoms with E-state index >= 15 is 0 Å². The van der Waals surface area contributed by atoms with Gasteiger partial charge in [-0.3, -0.25) is 0 Å². The van der Waals surface area contributed by atoms with Gasteiger partial charge in [-0.2, -0.15) is 0 Å². The largest absolute Gasteiger partial charge is 0.493 e. The Morgan fingerprint density at radius 1 is 0.581 bits per heavy atom. The number of aromatic nitrogens is 2. The number of anilines is 2. The third-order valence-corrected chi connectivity index (χ3v) is 4.74. The first kappa shape index (κ1) is 20.4. The maximum Gasteiger partial charge on any atom is 0.316 e. The van der Waals surface area contributed by atoms with Crippen LogP contribution in [0.2, 0.25) is 0 Å². The summed E-state index contributed by atoms with van der Waals surface area (Å²) in [6, 6.07) is 28.8. The lowest BCUT2D eigenvalue weighted by molar-refractivity contribution is 0.296. The molecule has 0 radical (unpaired) electrons. The zero-order chi connectivity index (χ0) is 21.1. The molecule has 0 aliphatic rings. The molecule has 3 aromatic carbocycles. The average Bonchev–Trinajstić information content (AvgIpc) is 2.83. The second-order valence-corrected chi connectivity index (χ2v) is 7.07. The summed E-state index contributed by atoms with van der Waals surface area (Å²) in [6.45, 7) is 1.19. The summed E-state index contributed by atoms with van der Waals surface area (Å²) < 4.78 is 11.5. The van der Waals surface area contributed by atoms with Crippen molar-refractivity contribution in [2.45, 2.75) is 12.8 Å². The zero-order valence-electron chi connectivity index (χ0n) is 17.3. The van der Waals surface area contributed by atoms with Crippen molar-refractivity contribution in [3.63, 3.8) is 0 Å². The van der Waals surface area contributed by atoms with Gasteiger partial charge in [-0.1, -0.05) is 60.7 Å². The fraction of sp³-hybridized carbons (Fsp3) is 0.154. The van der Waals surface area contributed by atoms with E-state index in [1.165, 1.54) is 11.1 Å².